The molecule has 2 aromatic carbocycles. The minimum Gasteiger partial charge on any atom is -0.506 e. The fraction of sp³-hybridized carbons (Fsp3) is 0.211. The molecule has 0 saturated heterocycles. The summed E-state index contributed by atoms with van der Waals surface area (Å²) in [5.74, 6) is -0.0364. The number of nitrogens with one attached hydrogen (secondary N) is 1. The Kier molecular flexibility index (Phi) is 4.38. The van der Waals surface area contributed by atoms with Crippen LogP contribution in [0.15, 0.2) is 30.3 Å². The zero-order chi connectivity index (χ0) is 17.6. The van der Waals surface area contributed by atoms with Crippen molar-refractivity contribution in [1.29, 1.82) is 0 Å². The van der Waals surface area contributed by atoms with Gasteiger partial charge in [0.25, 0.3) is 5.91 Å². The maximum atomic E-state index is 12.3. The fourth-order valence-electron chi connectivity index (χ4n) is 2.75. The van der Waals surface area contributed by atoms with E-state index in [4.69, 9.17) is 11.6 Å². The van der Waals surface area contributed by atoms with Gasteiger partial charge in [0.2, 0.25) is 0 Å². The second-order valence-corrected chi connectivity index (χ2v) is 8.50. The number of benzene rings is 2. The molecule has 124 valence electrons. The van der Waals surface area contributed by atoms with Crippen LogP contribution in [0.5, 0.6) is 5.75 Å². The molecule has 0 atom stereocenters. The van der Waals surface area contributed by atoms with Crippen molar-refractivity contribution in [2.24, 2.45) is 0 Å². The van der Waals surface area contributed by atoms with E-state index in [-0.39, 0.29) is 22.1 Å². The first-order chi connectivity index (χ1) is 11.2. The second kappa shape index (κ2) is 6.08. The third kappa shape index (κ3) is 3.17. The number of hydrogen-bond donors (Lipinski definition) is 2. The van der Waals surface area contributed by atoms with Gasteiger partial charge in [-0.15, -0.1) is 0 Å². The molecule has 1 aliphatic rings. The van der Waals surface area contributed by atoms with E-state index in [1.165, 1.54) is 0 Å². The first kappa shape index (κ1) is 17.3. The minimum atomic E-state index is -0.256. The minimum absolute atomic E-state index is 0.0946. The molecule has 5 heteroatoms. The highest BCUT2D eigenvalue weighted by molar-refractivity contribution is 14.1. The van der Waals surface area contributed by atoms with Gasteiger partial charge in [-0.1, -0.05) is 32.4 Å². The number of anilines is 1. The molecule has 0 saturated carbocycles. The predicted molar refractivity (Wildman–Crippen MR) is 107 cm³/mol. The largest absolute Gasteiger partial charge is 0.506 e. The molecule has 0 unspecified atom stereocenters. The standard InChI is InChI=1S/C19H17ClINO2/c1-19(2,3)14-7-10(8-15(20)17(14)23)6-13-12-9-11(21)4-5-16(12)22-18(13)24/h4-9,23H,1-3H3,(H,22,24). The van der Waals surface area contributed by atoms with Gasteiger partial charge in [-0.2, -0.15) is 0 Å². The van der Waals surface area contributed by atoms with Crippen LogP contribution in [0.2, 0.25) is 5.02 Å². The van der Waals surface area contributed by atoms with Crippen LogP contribution in [0.3, 0.4) is 0 Å². The van der Waals surface area contributed by atoms with Crippen LogP contribution < -0.4 is 5.32 Å². The van der Waals surface area contributed by atoms with Gasteiger partial charge in [0.1, 0.15) is 5.75 Å². The van der Waals surface area contributed by atoms with Crippen molar-refractivity contribution in [1.82, 2.24) is 0 Å². The Hall–Kier alpha value is -1.53. The van der Waals surface area contributed by atoms with Crippen molar-refractivity contribution in [3.8, 4) is 5.75 Å². The normalized spacial score (nSPS) is 15.5. The van der Waals surface area contributed by atoms with Gasteiger partial charge >= 0.3 is 0 Å². The first-order valence-electron chi connectivity index (χ1n) is 7.53. The highest BCUT2D eigenvalue weighted by Crippen LogP contribution is 2.39. The number of phenolic OH excluding ortho intramolecular Hbond substituents is 1. The number of halogens is 2. The number of amides is 1. The van der Waals surface area contributed by atoms with Crippen LogP contribution in [0.4, 0.5) is 5.69 Å². The third-order valence-electron chi connectivity index (χ3n) is 3.97. The lowest BCUT2D eigenvalue weighted by molar-refractivity contribution is -0.110. The van der Waals surface area contributed by atoms with Crippen LogP contribution in [-0.2, 0) is 10.2 Å². The number of rotatable bonds is 1. The van der Waals surface area contributed by atoms with Gasteiger partial charge in [0.15, 0.2) is 0 Å². The summed E-state index contributed by atoms with van der Waals surface area (Å²) >= 11 is 8.42. The lowest BCUT2D eigenvalue weighted by atomic mass is 9.85. The van der Waals surface area contributed by atoms with Crippen molar-refractivity contribution < 1.29 is 9.90 Å². The molecule has 2 aromatic rings. The Morgan fingerprint density at radius 1 is 1.21 bits per heavy atom. The Bertz CT molecular complexity index is 882. The van der Waals surface area contributed by atoms with Crippen LogP contribution in [-0.4, -0.2) is 11.0 Å². The van der Waals surface area contributed by atoms with Gasteiger partial charge in [-0.3, -0.25) is 4.79 Å². The van der Waals surface area contributed by atoms with Gasteiger partial charge in [0.05, 0.1) is 5.02 Å². The molecule has 0 radical (unpaired) electrons. The molecule has 0 bridgehead atoms. The Morgan fingerprint density at radius 2 is 1.92 bits per heavy atom. The van der Waals surface area contributed by atoms with Crippen LogP contribution in [0.1, 0.15) is 37.5 Å². The Balaban J connectivity index is 2.15. The van der Waals surface area contributed by atoms with Crippen molar-refractivity contribution in [3.05, 3.63) is 55.6 Å². The van der Waals surface area contributed by atoms with E-state index < -0.39 is 0 Å². The SMILES string of the molecule is CC(C)(C)c1cc(C=C2C(=O)Nc3ccc(I)cc32)cc(Cl)c1O. The van der Waals surface area contributed by atoms with Gasteiger partial charge in [-0.05, 0) is 70.0 Å². The van der Waals surface area contributed by atoms with Gasteiger partial charge in [-0.25, -0.2) is 0 Å². The number of carbonyl (C=O) groups excluding carboxylic acids is 1. The molecule has 0 fully saturated rings. The summed E-state index contributed by atoms with van der Waals surface area (Å²) in [6, 6.07) is 9.40. The average molecular weight is 454 g/mol. The summed E-state index contributed by atoms with van der Waals surface area (Å²) in [7, 11) is 0. The first-order valence-corrected chi connectivity index (χ1v) is 8.98. The fourth-order valence-corrected chi connectivity index (χ4v) is 3.46. The average Bonchev–Trinajstić information content (AvgIpc) is 2.77. The Labute approximate surface area is 159 Å². The van der Waals surface area contributed by atoms with Crippen molar-refractivity contribution >= 4 is 57.4 Å². The Morgan fingerprint density at radius 3 is 2.58 bits per heavy atom. The quantitative estimate of drug-likeness (QED) is 0.446. The molecule has 1 aliphatic heterocycles. The zero-order valence-electron chi connectivity index (χ0n) is 13.6. The van der Waals surface area contributed by atoms with E-state index in [1.807, 2.05) is 51.1 Å². The number of aromatic hydroxyl groups is 1. The molecule has 0 spiro atoms. The number of hydrogen-bond acceptors (Lipinski definition) is 2. The molecule has 0 aliphatic carbocycles. The van der Waals surface area contributed by atoms with E-state index >= 15 is 0 Å². The summed E-state index contributed by atoms with van der Waals surface area (Å²) in [5, 5.41) is 13.4. The van der Waals surface area contributed by atoms with E-state index in [0.717, 1.165) is 25.9 Å². The summed E-state index contributed by atoms with van der Waals surface area (Å²) < 4.78 is 1.06. The summed E-state index contributed by atoms with van der Waals surface area (Å²) in [6.07, 6.45) is 1.82. The van der Waals surface area contributed by atoms with Gasteiger partial charge in [0, 0.05) is 26.0 Å². The van der Waals surface area contributed by atoms with Crippen LogP contribution >= 0.6 is 34.2 Å². The van der Waals surface area contributed by atoms with E-state index in [1.54, 1.807) is 6.07 Å². The van der Waals surface area contributed by atoms with Crippen molar-refractivity contribution in [2.45, 2.75) is 26.2 Å². The number of fused-ring (bicyclic) bond motifs is 1. The number of carbonyl (C=O) groups is 1. The maximum Gasteiger partial charge on any atom is 0.256 e. The molecule has 1 amide bonds. The number of phenols is 1. The smallest absolute Gasteiger partial charge is 0.256 e. The highest BCUT2D eigenvalue weighted by atomic mass is 127. The highest BCUT2D eigenvalue weighted by Gasteiger charge is 2.25. The van der Waals surface area contributed by atoms with E-state index in [0.29, 0.717) is 5.57 Å². The molecule has 0 aromatic heterocycles. The maximum absolute atomic E-state index is 12.3. The van der Waals surface area contributed by atoms with E-state index in [9.17, 15) is 9.90 Å². The molecular weight excluding hydrogens is 437 g/mol. The third-order valence-corrected chi connectivity index (χ3v) is 4.93. The van der Waals surface area contributed by atoms with Crippen LogP contribution in [0.25, 0.3) is 11.6 Å². The second-order valence-electron chi connectivity index (χ2n) is 6.85. The molecule has 2 N–H and O–H groups in total. The van der Waals surface area contributed by atoms with E-state index in [2.05, 4.69) is 27.9 Å². The van der Waals surface area contributed by atoms with Crippen LogP contribution in [0, 0.1) is 3.57 Å². The summed E-state index contributed by atoms with van der Waals surface area (Å²) in [6.45, 7) is 6.03. The summed E-state index contributed by atoms with van der Waals surface area (Å²) in [5.41, 5.74) is 3.59. The molecular formula is C19H17ClINO2. The summed E-state index contributed by atoms with van der Waals surface area (Å²) in [4.78, 5) is 12.3. The topological polar surface area (TPSA) is 49.3 Å². The molecule has 3 rings (SSSR count). The van der Waals surface area contributed by atoms with Crippen molar-refractivity contribution in [2.75, 3.05) is 5.32 Å². The lowest BCUT2D eigenvalue weighted by Crippen LogP contribution is -2.11. The molecule has 3 nitrogen and oxygen atoms in total. The monoisotopic (exact) mass is 453 g/mol. The van der Waals surface area contributed by atoms with Crippen molar-refractivity contribution in [3.63, 3.8) is 0 Å². The predicted octanol–water partition coefficient (Wildman–Crippen LogP) is 5.44. The zero-order valence-corrected chi connectivity index (χ0v) is 16.5. The molecule has 1 heterocycles. The van der Waals surface area contributed by atoms with Gasteiger partial charge < -0.3 is 10.4 Å². The lowest BCUT2D eigenvalue weighted by Gasteiger charge is -2.21. The molecule has 24 heavy (non-hydrogen) atoms.